The quantitative estimate of drug-likeness (QED) is 0.834. The minimum absolute atomic E-state index is 0.167. The highest BCUT2D eigenvalue weighted by molar-refractivity contribution is 5.79. The summed E-state index contributed by atoms with van der Waals surface area (Å²) in [5.41, 5.74) is 1.13. The molecule has 1 saturated carbocycles. The van der Waals surface area contributed by atoms with Crippen LogP contribution in [0.1, 0.15) is 37.3 Å². The average molecular weight is 329 g/mol. The molecule has 3 aliphatic rings. The highest BCUT2D eigenvalue weighted by atomic mass is 16.2. The van der Waals surface area contributed by atoms with Crippen molar-refractivity contribution in [2.75, 3.05) is 45.2 Å². The molecule has 1 aromatic rings. The molecule has 3 heterocycles. The molecule has 3 fully saturated rings. The molecule has 1 aliphatic carbocycles. The second kappa shape index (κ2) is 6.31. The van der Waals surface area contributed by atoms with Crippen LogP contribution in [-0.4, -0.2) is 72.2 Å². The van der Waals surface area contributed by atoms with Crippen molar-refractivity contribution >= 4 is 11.7 Å². The maximum Gasteiger partial charge on any atom is 0.227 e. The minimum Gasteiger partial charge on any atom is -0.351 e. The van der Waals surface area contributed by atoms with Crippen molar-refractivity contribution in [3.05, 3.63) is 17.8 Å². The first-order valence-electron chi connectivity index (χ1n) is 9.15. The van der Waals surface area contributed by atoms with Gasteiger partial charge < -0.3 is 14.7 Å². The number of amides is 1. The molecule has 1 amide bonds. The van der Waals surface area contributed by atoms with E-state index >= 15 is 0 Å². The Balaban J connectivity index is 1.30. The van der Waals surface area contributed by atoms with E-state index in [1.807, 2.05) is 11.9 Å². The Morgan fingerprint density at radius 1 is 1.17 bits per heavy atom. The van der Waals surface area contributed by atoms with Crippen molar-refractivity contribution in [1.82, 2.24) is 20.0 Å². The van der Waals surface area contributed by atoms with Crippen LogP contribution in [0.3, 0.4) is 0 Å². The Kier molecular flexibility index (Phi) is 4.16. The molecule has 6 nitrogen and oxygen atoms in total. The van der Waals surface area contributed by atoms with Crippen LogP contribution in [0, 0.1) is 5.92 Å². The van der Waals surface area contributed by atoms with Gasteiger partial charge >= 0.3 is 0 Å². The van der Waals surface area contributed by atoms with E-state index in [1.165, 1.54) is 12.8 Å². The van der Waals surface area contributed by atoms with Crippen LogP contribution in [0.4, 0.5) is 5.82 Å². The smallest absolute Gasteiger partial charge is 0.227 e. The molecule has 4 rings (SSSR count). The molecular weight excluding hydrogens is 302 g/mol. The van der Waals surface area contributed by atoms with E-state index in [9.17, 15) is 4.79 Å². The summed E-state index contributed by atoms with van der Waals surface area (Å²) in [6.45, 7) is 3.73. The van der Waals surface area contributed by atoms with E-state index in [2.05, 4.69) is 39.2 Å². The second-order valence-corrected chi connectivity index (χ2v) is 7.70. The number of carbonyl (C=O) groups excluding carboxylic acids is 1. The Morgan fingerprint density at radius 2 is 1.96 bits per heavy atom. The first kappa shape index (κ1) is 15.8. The summed E-state index contributed by atoms with van der Waals surface area (Å²) in [4.78, 5) is 19.1. The molecule has 0 aromatic carbocycles. The largest absolute Gasteiger partial charge is 0.351 e. The number of likely N-dealkylation sites (tertiary alicyclic amines) is 1. The second-order valence-electron chi connectivity index (χ2n) is 7.70. The lowest BCUT2D eigenvalue weighted by Gasteiger charge is -2.45. The Hall–Kier alpha value is -1.69. The Labute approximate surface area is 143 Å². The maximum atomic E-state index is 12.7. The Morgan fingerprint density at radius 3 is 2.58 bits per heavy atom. The summed E-state index contributed by atoms with van der Waals surface area (Å²) in [6.07, 6.45) is 4.66. The van der Waals surface area contributed by atoms with Crippen molar-refractivity contribution in [1.29, 1.82) is 0 Å². The molecule has 1 atom stereocenters. The van der Waals surface area contributed by atoms with E-state index in [1.54, 1.807) is 0 Å². The fourth-order valence-corrected chi connectivity index (χ4v) is 3.82. The normalized spacial score (nSPS) is 25.4. The van der Waals surface area contributed by atoms with Crippen LogP contribution < -0.4 is 4.90 Å². The van der Waals surface area contributed by atoms with Gasteiger partial charge in [-0.3, -0.25) is 4.79 Å². The fraction of sp³-hybridized carbons (Fsp3) is 0.722. The lowest BCUT2D eigenvalue weighted by molar-refractivity contribution is -0.138. The molecule has 0 bridgehead atoms. The summed E-state index contributed by atoms with van der Waals surface area (Å²) in [6, 6.07) is 4.49. The van der Waals surface area contributed by atoms with Crippen LogP contribution in [0.5, 0.6) is 0 Å². The van der Waals surface area contributed by atoms with Crippen molar-refractivity contribution in [2.24, 2.45) is 5.92 Å². The lowest BCUT2D eigenvalue weighted by Crippen LogP contribution is -2.61. The van der Waals surface area contributed by atoms with Crippen molar-refractivity contribution in [2.45, 2.75) is 37.6 Å². The van der Waals surface area contributed by atoms with E-state index in [-0.39, 0.29) is 5.92 Å². The van der Waals surface area contributed by atoms with Gasteiger partial charge in [-0.2, -0.15) is 5.10 Å². The fourth-order valence-electron chi connectivity index (χ4n) is 3.82. The monoisotopic (exact) mass is 329 g/mol. The van der Waals surface area contributed by atoms with Gasteiger partial charge in [0, 0.05) is 32.6 Å². The van der Waals surface area contributed by atoms with Gasteiger partial charge in [0.1, 0.15) is 0 Å². The van der Waals surface area contributed by atoms with Crippen molar-refractivity contribution in [3.8, 4) is 0 Å². The van der Waals surface area contributed by atoms with Gasteiger partial charge in [0.2, 0.25) is 5.91 Å². The summed E-state index contributed by atoms with van der Waals surface area (Å²) < 4.78 is 0. The van der Waals surface area contributed by atoms with E-state index in [4.69, 9.17) is 0 Å². The number of hydrogen-bond donors (Lipinski definition) is 0. The van der Waals surface area contributed by atoms with Gasteiger partial charge in [-0.1, -0.05) is 0 Å². The van der Waals surface area contributed by atoms with Gasteiger partial charge in [0.15, 0.2) is 5.82 Å². The first-order valence-corrected chi connectivity index (χ1v) is 9.15. The summed E-state index contributed by atoms with van der Waals surface area (Å²) in [5.74, 6) is 2.06. The van der Waals surface area contributed by atoms with Gasteiger partial charge in [-0.15, -0.1) is 5.10 Å². The van der Waals surface area contributed by atoms with E-state index in [0.29, 0.717) is 17.9 Å². The molecule has 1 aromatic heterocycles. The molecule has 0 spiro atoms. The predicted molar refractivity (Wildman–Crippen MR) is 93.0 cm³/mol. The number of aromatic nitrogens is 2. The number of piperidine rings is 1. The zero-order valence-corrected chi connectivity index (χ0v) is 14.7. The number of likely N-dealkylation sites (N-methyl/N-ethyl adjacent to an activating group) is 1. The zero-order chi connectivity index (χ0) is 16.7. The van der Waals surface area contributed by atoms with E-state index < -0.39 is 0 Å². The predicted octanol–water partition coefficient (Wildman–Crippen LogP) is 1.34. The van der Waals surface area contributed by atoms with Gasteiger partial charge in [-0.05, 0) is 51.4 Å². The zero-order valence-electron chi connectivity index (χ0n) is 14.7. The topological polar surface area (TPSA) is 52.6 Å². The van der Waals surface area contributed by atoms with Gasteiger partial charge in [0.25, 0.3) is 0 Å². The lowest BCUT2D eigenvalue weighted by atomic mass is 9.95. The number of anilines is 1. The van der Waals surface area contributed by atoms with Crippen LogP contribution in [0.15, 0.2) is 12.1 Å². The standard InChI is InChI=1S/C18H27N5O/c1-21-9-3-4-14(10-21)18(24)22(2)15-11-23(12-15)17-8-7-16(19-20-17)13-5-6-13/h7-8,13-15H,3-6,9-12H2,1-2H3. The summed E-state index contributed by atoms with van der Waals surface area (Å²) in [5, 5.41) is 8.72. The van der Waals surface area contributed by atoms with Crippen LogP contribution >= 0.6 is 0 Å². The minimum atomic E-state index is 0.167. The highest BCUT2D eigenvalue weighted by Gasteiger charge is 2.36. The molecule has 2 saturated heterocycles. The molecular formula is C18H27N5O. The van der Waals surface area contributed by atoms with Gasteiger partial charge in [0.05, 0.1) is 17.7 Å². The number of carbonyl (C=O) groups is 1. The molecule has 0 radical (unpaired) electrons. The molecule has 2 aliphatic heterocycles. The van der Waals surface area contributed by atoms with Gasteiger partial charge in [-0.25, -0.2) is 0 Å². The molecule has 130 valence electrons. The summed E-state index contributed by atoms with van der Waals surface area (Å²) >= 11 is 0. The highest BCUT2D eigenvalue weighted by Crippen LogP contribution is 2.38. The number of nitrogens with zero attached hydrogens (tertiary/aromatic N) is 5. The molecule has 1 unspecified atom stereocenters. The summed E-state index contributed by atoms with van der Waals surface area (Å²) in [7, 11) is 4.06. The molecule has 6 heteroatoms. The first-order chi connectivity index (χ1) is 11.6. The third-order valence-corrected chi connectivity index (χ3v) is 5.72. The maximum absolute atomic E-state index is 12.7. The third kappa shape index (κ3) is 3.11. The number of hydrogen-bond acceptors (Lipinski definition) is 5. The SMILES string of the molecule is CN1CCCC(C(=O)N(C)C2CN(c3ccc(C4CC4)nn3)C2)C1. The molecule has 0 N–H and O–H groups in total. The van der Waals surface area contributed by atoms with Crippen molar-refractivity contribution in [3.63, 3.8) is 0 Å². The van der Waals surface area contributed by atoms with Crippen LogP contribution in [-0.2, 0) is 4.79 Å². The van der Waals surface area contributed by atoms with Crippen LogP contribution in [0.2, 0.25) is 0 Å². The average Bonchev–Trinajstić information content (AvgIpc) is 3.38. The Bertz CT molecular complexity index is 594. The molecule has 24 heavy (non-hydrogen) atoms. The number of rotatable bonds is 4. The van der Waals surface area contributed by atoms with E-state index in [0.717, 1.165) is 50.5 Å². The van der Waals surface area contributed by atoms with Crippen LogP contribution in [0.25, 0.3) is 0 Å². The third-order valence-electron chi connectivity index (χ3n) is 5.72. The van der Waals surface area contributed by atoms with Crippen molar-refractivity contribution < 1.29 is 4.79 Å².